The molecule has 0 bridgehead atoms. The van der Waals surface area contributed by atoms with Crippen molar-refractivity contribution in [2.75, 3.05) is 20.2 Å². The maximum absolute atomic E-state index is 13.4. The van der Waals surface area contributed by atoms with Crippen LogP contribution in [0.5, 0.6) is 5.75 Å². The molecule has 0 aromatic heterocycles. The van der Waals surface area contributed by atoms with E-state index in [9.17, 15) is 24.3 Å². The van der Waals surface area contributed by atoms with Crippen molar-refractivity contribution in [2.24, 2.45) is 0 Å². The molecule has 170 valence electrons. The van der Waals surface area contributed by atoms with Gasteiger partial charge >= 0.3 is 6.03 Å². The Labute approximate surface area is 189 Å². The minimum Gasteiger partial charge on any atom is -0.497 e. The second-order valence-electron chi connectivity index (χ2n) is 8.55. The van der Waals surface area contributed by atoms with Gasteiger partial charge in [-0.15, -0.1) is 0 Å². The van der Waals surface area contributed by atoms with E-state index in [1.807, 2.05) is 6.07 Å². The van der Waals surface area contributed by atoms with Gasteiger partial charge in [-0.2, -0.15) is 0 Å². The third kappa shape index (κ3) is 3.19. The topological polar surface area (TPSA) is 116 Å². The maximum Gasteiger partial charge on any atom is 0.325 e. The molecule has 2 aliphatic heterocycles. The summed E-state index contributed by atoms with van der Waals surface area (Å²) in [6, 6.07) is 11.2. The molecule has 1 fully saturated rings. The van der Waals surface area contributed by atoms with E-state index in [0.717, 1.165) is 27.3 Å². The number of ether oxygens (including phenoxy) is 1. The summed E-state index contributed by atoms with van der Waals surface area (Å²) in [5.74, 6) is -0.771. The normalized spacial score (nSPS) is 22.5. The fourth-order valence-electron chi connectivity index (χ4n) is 5.03. The largest absolute Gasteiger partial charge is 0.497 e. The monoisotopic (exact) mass is 449 g/mol. The van der Waals surface area contributed by atoms with Crippen molar-refractivity contribution in [3.05, 3.63) is 64.7 Å². The van der Waals surface area contributed by atoms with Gasteiger partial charge in [-0.1, -0.05) is 18.2 Å². The molecule has 2 heterocycles. The van der Waals surface area contributed by atoms with Crippen molar-refractivity contribution in [3.63, 3.8) is 0 Å². The van der Waals surface area contributed by atoms with Crippen LogP contribution in [0.15, 0.2) is 42.5 Å². The molecule has 0 unspecified atom stereocenters. The maximum atomic E-state index is 13.4. The SMILES string of the molecule is COc1ccc2c(c1)CCC[C@@]21NC(=O)N(C[C@@H](O)CN2C(=O)c3ccccc3C2=O)C1=O. The molecule has 2 atom stereocenters. The van der Waals surface area contributed by atoms with Crippen LogP contribution >= 0.6 is 0 Å². The number of aliphatic hydroxyl groups excluding tert-OH is 1. The molecule has 1 saturated heterocycles. The fraction of sp³-hybridized carbons (Fsp3) is 0.333. The first kappa shape index (κ1) is 21.1. The molecule has 9 nitrogen and oxygen atoms in total. The summed E-state index contributed by atoms with van der Waals surface area (Å²) in [6.45, 7) is -0.643. The number of rotatable bonds is 5. The lowest BCUT2D eigenvalue weighted by Gasteiger charge is -2.33. The molecule has 3 aliphatic rings. The number of carbonyl (C=O) groups is 4. The first-order chi connectivity index (χ1) is 15.9. The van der Waals surface area contributed by atoms with Gasteiger partial charge in [0.2, 0.25) is 0 Å². The van der Waals surface area contributed by atoms with E-state index >= 15 is 0 Å². The minimum atomic E-state index is -1.28. The molecule has 9 heteroatoms. The number of aryl methyl sites for hydroxylation is 1. The number of benzene rings is 2. The van der Waals surface area contributed by atoms with Crippen LogP contribution in [-0.4, -0.2) is 65.0 Å². The van der Waals surface area contributed by atoms with E-state index in [1.165, 1.54) is 0 Å². The van der Waals surface area contributed by atoms with Crippen molar-refractivity contribution >= 4 is 23.8 Å². The summed E-state index contributed by atoms with van der Waals surface area (Å²) in [6.07, 6.45) is 0.635. The number of carbonyl (C=O) groups excluding carboxylic acids is 4. The first-order valence-corrected chi connectivity index (χ1v) is 10.8. The van der Waals surface area contributed by atoms with Gasteiger partial charge < -0.3 is 15.2 Å². The summed E-state index contributed by atoms with van der Waals surface area (Å²) >= 11 is 0. The Bertz CT molecular complexity index is 1160. The zero-order valence-electron chi connectivity index (χ0n) is 18.0. The van der Waals surface area contributed by atoms with Crippen LogP contribution in [0.25, 0.3) is 0 Å². The molecule has 2 N–H and O–H groups in total. The van der Waals surface area contributed by atoms with Crippen LogP contribution in [0.4, 0.5) is 4.79 Å². The van der Waals surface area contributed by atoms with E-state index in [4.69, 9.17) is 4.74 Å². The zero-order chi connectivity index (χ0) is 23.3. The molecular weight excluding hydrogens is 426 g/mol. The predicted molar refractivity (Wildman–Crippen MR) is 116 cm³/mol. The number of fused-ring (bicyclic) bond motifs is 3. The molecule has 2 aromatic carbocycles. The standard InChI is InChI=1S/C24H23N3O6/c1-33-16-8-9-19-14(11-16)5-4-10-24(19)22(31)27(23(32)25-24)13-15(28)12-26-20(29)17-6-2-3-7-18(17)21(26)30/h2-3,6-9,11,15,28H,4-5,10,12-13H2,1H3,(H,25,32)/t15-,24+/m0/s1. The second kappa shape index (κ2) is 7.70. The molecule has 0 saturated carbocycles. The first-order valence-electron chi connectivity index (χ1n) is 10.8. The molecule has 0 radical (unpaired) electrons. The Morgan fingerprint density at radius 3 is 2.36 bits per heavy atom. The van der Waals surface area contributed by atoms with Gasteiger partial charge in [0, 0.05) is 0 Å². The van der Waals surface area contributed by atoms with Crippen molar-refractivity contribution < 1.29 is 29.0 Å². The number of nitrogens with one attached hydrogen (secondary N) is 1. The van der Waals surface area contributed by atoms with E-state index < -0.39 is 35.4 Å². The molecule has 33 heavy (non-hydrogen) atoms. The second-order valence-corrected chi connectivity index (χ2v) is 8.55. The van der Waals surface area contributed by atoms with Crippen molar-refractivity contribution in [1.29, 1.82) is 0 Å². The fourth-order valence-corrected chi connectivity index (χ4v) is 5.03. The van der Waals surface area contributed by atoms with Gasteiger partial charge in [0.1, 0.15) is 11.3 Å². The van der Waals surface area contributed by atoms with Crippen LogP contribution < -0.4 is 10.1 Å². The lowest BCUT2D eigenvalue weighted by atomic mass is 9.76. The number of nitrogens with zero attached hydrogens (tertiary/aromatic N) is 2. The Kier molecular flexibility index (Phi) is 4.93. The quantitative estimate of drug-likeness (QED) is 0.527. The minimum absolute atomic E-state index is 0.276. The van der Waals surface area contributed by atoms with E-state index in [-0.39, 0.29) is 24.2 Å². The average Bonchev–Trinajstić information content (AvgIpc) is 3.19. The van der Waals surface area contributed by atoms with E-state index in [0.29, 0.717) is 18.6 Å². The van der Waals surface area contributed by atoms with Crippen LogP contribution in [-0.2, 0) is 16.8 Å². The number of amides is 5. The number of β-amino-alcohol motifs (C(OH)–C–C–N with tert-alkyl or cyclic N) is 1. The smallest absolute Gasteiger partial charge is 0.325 e. The summed E-state index contributed by atoms with van der Waals surface area (Å²) in [5.41, 5.74) is 1.02. The number of urea groups is 1. The summed E-state index contributed by atoms with van der Waals surface area (Å²) < 4.78 is 5.28. The number of aliphatic hydroxyl groups is 1. The van der Waals surface area contributed by atoms with Gasteiger partial charge in [-0.05, 0) is 54.7 Å². The summed E-state index contributed by atoms with van der Waals surface area (Å²) in [5, 5.41) is 13.5. The van der Waals surface area contributed by atoms with Gasteiger partial charge in [-0.25, -0.2) is 4.79 Å². The van der Waals surface area contributed by atoms with E-state index in [1.54, 1.807) is 43.5 Å². The van der Waals surface area contributed by atoms with Crippen molar-refractivity contribution in [1.82, 2.24) is 15.1 Å². The number of methoxy groups -OCH3 is 1. The van der Waals surface area contributed by atoms with Crippen LogP contribution in [0, 0.1) is 0 Å². The number of imide groups is 2. The molecule has 2 aromatic rings. The zero-order valence-corrected chi connectivity index (χ0v) is 18.0. The Morgan fingerprint density at radius 1 is 1.03 bits per heavy atom. The molecule has 5 rings (SSSR count). The highest BCUT2D eigenvalue weighted by molar-refractivity contribution is 6.21. The van der Waals surface area contributed by atoms with Gasteiger partial charge in [0.05, 0.1) is 37.4 Å². The summed E-state index contributed by atoms with van der Waals surface area (Å²) in [4.78, 5) is 53.3. The predicted octanol–water partition coefficient (Wildman–Crippen LogP) is 1.44. The number of hydrogen-bond acceptors (Lipinski definition) is 6. The van der Waals surface area contributed by atoms with Crippen LogP contribution in [0.1, 0.15) is 44.7 Å². The van der Waals surface area contributed by atoms with Gasteiger partial charge in [0.15, 0.2) is 0 Å². The van der Waals surface area contributed by atoms with Crippen LogP contribution in [0.2, 0.25) is 0 Å². The van der Waals surface area contributed by atoms with E-state index in [2.05, 4.69) is 5.32 Å². The Balaban J connectivity index is 1.34. The summed E-state index contributed by atoms with van der Waals surface area (Å²) in [7, 11) is 1.57. The molecule has 1 aliphatic carbocycles. The average molecular weight is 449 g/mol. The van der Waals surface area contributed by atoms with Crippen molar-refractivity contribution in [3.8, 4) is 5.75 Å². The van der Waals surface area contributed by atoms with Crippen LogP contribution in [0.3, 0.4) is 0 Å². The molecular formula is C24H23N3O6. The third-order valence-corrected chi connectivity index (χ3v) is 6.61. The molecule has 1 spiro atoms. The number of hydrogen-bond donors (Lipinski definition) is 2. The van der Waals surface area contributed by atoms with Crippen molar-refractivity contribution in [2.45, 2.75) is 30.9 Å². The highest BCUT2D eigenvalue weighted by Gasteiger charge is 2.54. The highest BCUT2D eigenvalue weighted by atomic mass is 16.5. The van der Waals surface area contributed by atoms with Gasteiger partial charge in [-0.3, -0.25) is 24.2 Å². The highest BCUT2D eigenvalue weighted by Crippen LogP contribution is 2.41. The Morgan fingerprint density at radius 2 is 1.70 bits per heavy atom. The Hall–Kier alpha value is -3.72. The lowest BCUT2D eigenvalue weighted by Crippen LogP contribution is -2.48. The van der Waals surface area contributed by atoms with Gasteiger partial charge in [0.25, 0.3) is 17.7 Å². The lowest BCUT2D eigenvalue weighted by molar-refractivity contribution is -0.133. The third-order valence-electron chi connectivity index (χ3n) is 6.61. The molecule has 5 amide bonds.